The molecule has 1 fully saturated rings. The molecule has 1 saturated heterocycles. The van der Waals surface area contributed by atoms with Gasteiger partial charge in [0.1, 0.15) is 6.10 Å². The van der Waals surface area contributed by atoms with Gasteiger partial charge in [-0.1, -0.05) is 34.6 Å². The number of epoxide rings is 1. The average molecular weight is 591 g/mol. The van der Waals surface area contributed by atoms with E-state index >= 15 is 0 Å². The van der Waals surface area contributed by atoms with Gasteiger partial charge in [-0.05, 0) is 66.3 Å². The summed E-state index contributed by atoms with van der Waals surface area (Å²) in [6.45, 7) is 24.2. The molecule has 4 unspecified atom stereocenters. The van der Waals surface area contributed by atoms with Gasteiger partial charge in [-0.25, -0.2) is 4.79 Å². The molecule has 1 heterocycles. The minimum atomic E-state index is -0.549. The van der Waals surface area contributed by atoms with Crippen LogP contribution < -0.4 is 10.6 Å². The molecule has 244 valence electrons. The van der Waals surface area contributed by atoms with Crippen molar-refractivity contribution in [3.8, 4) is 0 Å². The summed E-state index contributed by atoms with van der Waals surface area (Å²) < 4.78 is 41.4. The Bertz CT molecular complexity index is 716. The predicted molar refractivity (Wildman–Crippen MR) is 161 cm³/mol. The second-order valence-electron chi connectivity index (χ2n) is 12.9. The van der Waals surface area contributed by atoms with Crippen molar-refractivity contribution in [2.24, 2.45) is 5.92 Å². The minimum Gasteiger partial charge on any atom is -0.449 e. The van der Waals surface area contributed by atoms with Crippen LogP contribution >= 0.6 is 0 Å². The van der Waals surface area contributed by atoms with Crippen LogP contribution in [0, 0.1) is 5.92 Å². The van der Waals surface area contributed by atoms with Crippen molar-refractivity contribution < 1.29 is 38.0 Å². The predicted octanol–water partition coefficient (Wildman–Crippen LogP) is 5.07. The van der Waals surface area contributed by atoms with Gasteiger partial charge in [0.2, 0.25) is 0 Å². The summed E-state index contributed by atoms with van der Waals surface area (Å²) in [6, 6.07) is -0.351. The molecule has 4 atom stereocenters. The molecule has 0 spiro atoms. The normalized spacial score (nSPS) is 19.8. The molecule has 0 bridgehead atoms. The van der Waals surface area contributed by atoms with E-state index in [0.29, 0.717) is 26.4 Å². The number of amides is 1. The molecule has 0 aromatic carbocycles. The summed E-state index contributed by atoms with van der Waals surface area (Å²) in [5.41, 5.74) is -1.14. The number of rotatable bonds is 24. The monoisotopic (exact) mass is 590 g/mol. The lowest BCUT2D eigenvalue weighted by Gasteiger charge is -2.33. The van der Waals surface area contributed by atoms with E-state index in [4.69, 9.17) is 33.2 Å². The first-order valence-electron chi connectivity index (χ1n) is 15.6. The Labute approximate surface area is 250 Å². The lowest BCUT2D eigenvalue weighted by Crippen LogP contribution is -2.44. The first-order chi connectivity index (χ1) is 19.2. The number of carbonyl (C=O) groups is 1. The van der Waals surface area contributed by atoms with E-state index in [1.165, 1.54) is 0 Å². The van der Waals surface area contributed by atoms with E-state index in [-0.39, 0.29) is 42.0 Å². The van der Waals surface area contributed by atoms with E-state index in [2.05, 4.69) is 52.2 Å². The molecule has 41 heavy (non-hydrogen) atoms. The summed E-state index contributed by atoms with van der Waals surface area (Å²) in [7, 11) is 1.73. The molecule has 0 aromatic heterocycles. The quantitative estimate of drug-likeness (QED) is 0.149. The summed E-state index contributed by atoms with van der Waals surface area (Å²) in [4.78, 5) is 12.3. The zero-order chi connectivity index (χ0) is 31.1. The maximum Gasteiger partial charge on any atom is 0.407 e. The molecule has 1 rings (SSSR count). The minimum absolute atomic E-state index is 0.136. The largest absolute Gasteiger partial charge is 0.449 e. The third kappa shape index (κ3) is 15.9. The van der Waals surface area contributed by atoms with Gasteiger partial charge in [-0.15, -0.1) is 0 Å². The first-order valence-corrected chi connectivity index (χ1v) is 15.6. The molecule has 0 aliphatic carbocycles. The highest BCUT2D eigenvalue weighted by molar-refractivity contribution is 5.67. The smallest absolute Gasteiger partial charge is 0.407 e. The van der Waals surface area contributed by atoms with Crippen molar-refractivity contribution in [2.45, 2.75) is 136 Å². The third-order valence-corrected chi connectivity index (χ3v) is 7.47. The topological polar surface area (TPSA) is 109 Å². The maximum atomic E-state index is 12.3. The van der Waals surface area contributed by atoms with Crippen molar-refractivity contribution in [1.29, 1.82) is 0 Å². The molecule has 0 radical (unpaired) electrons. The van der Waals surface area contributed by atoms with Gasteiger partial charge in [0.25, 0.3) is 0 Å². The zero-order valence-electron chi connectivity index (χ0n) is 27.9. The molecular formula is C31H62N2O8. The highest BCUT2D eigenvalue weighted by atomic mass is 16.8. The van der Waals surface area contributed by atoms with Crippen LogP contribution in [-0.4, -0.2) is 101 Å². The van der Waals surface area contributed by atoms with Crippen molar-refractivity contribution in [3.63, 3.8) is 0 Å². The lowest BCUT2D eigenvalue weighted by molar-refractivity contribution is -0.0975. The third-order valence-electron chi connectivity index (χ3n) is 7.47. The number of methoxy groups -OCH3 is 1. The standard InChI is InChI=1S/C31H62N2O8/c1-12-25(13-2)36-20-24(33-28(34)38-19-23(4)5)21-37-27-26(41-27)30(8,9)39-18-16-31(10,22-32-14-3)40-17-15-29(6,7)35-11/h23-27,32H,12-22H2,1-11H3,(H,33,34). The zero-order valence-corrected chi connectivity index (χ0v) is 27.9. The highest BCUT2D eigenvalue weighted by Crippen LogP contribution is 2.36. The highest BCUT2D eigenvalue weighted by Gasteiger charge is 2.52. The Morgan fingerprint density at radius 3 is 2.17 bits per heavy atom. The molecule has 1 amide bonds. The van der Waals surface area contributed by atoms with Crippen LogP contribution in [0.2, 0.25) is 0 Å². The summed E-state index contributed by atoms with van der Waals surface area (Å²) in [5.74, 6) is 0.259. The Morgan fingerprint density at radius 1 is 0.927 bits per heavy atom. The Balaban J connectivity index is 2.60. The fourth-order valence-electron chi connectivity index (χ4n) is 4.15. The van der Waals surface area contributed by atoms with Crippen molar-refractivity contribution in [2.75, 3.05) is 53.2 Å². The molecule has 10 heteroatoms. The van der Waals surface area contributed by atoms with Gasteiger partial charge in [0.05, 0.1) is 62.0 Å². The molecule has 2 N–H and O–H groups in total. The van der Waals surface area contributed by atoms with Crippen molar-refractivity contribution in [1.82, 2.24) is 10.6 Å². The fraction of sp³-hybridized carbons (Fsp3) is 0.968. The van der Waals surface area contributed by atoms with Gasteiger partial charge in [-0.3, -0.25) is 0 Å². The molecule has 1 aliphatic rings. The van der Waals surface area contributed by atoms with E-state index in [1.54, 1.807) is 7.11 Å². The van der Waals surface area contributed by atoms with Crippen LogP contribution in [0.15, 0.2) is 0 Å². The number of hydrogen-bond donors (Lipinski definition) is 2. The van der Waals surface area contributed by atoms with Crippen LogP contribution in [0.1, 0.15) is 94.9 Å². The van der Waals surface area contributed by atoms with Crippen molar-refractivity contribution in [3.05, 3.63) is 0 Å². The fourth-order valence-corrected chi connectivity index (χ4v) is 4.15. The number of likely N-dealkylation sites (N-methyl/N-ethyl adjacent to an activating group) is 1. The van der Waals surface area contributed by atoms with Gasteiger partial charge >= 0.3 is 6.09 Å². The molecule has 0 saturated carbocycles. The molecule has 10 nitrogen and oxygen atoms in total. The van der Waals surface area contributed by atoms with Gasteiger partial charge in [-0.2, -0.15) is 0 Å². The Hall–Kier alpha value is -1.01. The van der Waals surface area contributed by atoms with E-state index in [9.17, 15) is 4.79 Å². The summed E-state index contributed by atoms with van der Waals surface area (Å²) >= 11 is 0. The van der Waals surface area contributed by atoms with Crippen LogP contribution in [0.4, 0.5) is 4.79 Å². The summed E-state index contributed by atoms with van der Waals surface area (Å²) in [6.07, 6.45) is 2.40. The lowest BCUT2D eigenvalue weighted by atomic mass is 10.0. The van der Waals surface area contributed by atoms with Crippen molar-refractivity contribution >= 4 is 6.09 Å². The average Bonchev–Trinajstić information content (AvgIpc) is 3.70. The number of carbonyl (C=O) groups excluding carboxylic acids is 1. The van der Waals surface area contributed by atoms with Gasteiger partial charge in [0.15, 0.2) is 6.29 Å². The maximum absolute atomic E-state index is 12.3. The van der Waals surface area contributed by atoms with Crippen LogP contribution in [-0.2, 0) is 33.2 Å². The SMILES string of the molecule is CCNCC(C)(CCOC(C)(C)C1OC1OCC(COC(CC)CC)NC(=O)OCC(C)C)OCCC(C)(C)OC. The summed E-state index contributed by atoms with van der Waals surface area (Å²) in [5, 5.41) is 6.30. The first kappa shape index (κ1) is 38.0. The Kier molecular flexibility index (Phi) is 17.3. The number of hydrogen-bond acceptors (Lipinski definition) is 9. The number of nitrogens with one attached hydrogen (secondary N) is 2. The molecule has 0 aromatic rings. The second-order valence-corrected chi connectivity index (χ2v) is 12.9. The van der Waals surface area contributed by atoms with Crippen LogP contribution in [0.25, 0.3) is 0 Å². The molecular weight excluding hydrogens is 528 g/mol. The number of alkyl carbamates (subject to hydrolysis) is 1. The van der Waals surface area contributed by atoms with Gasteiger partial charge in [0, 0.05) is 20.1 Å². The van der Waals surface area contributed by atoms with Crippen LogP contribution in [0.5, 0.6) is 0 Å². The van der Waals surface area contributed by atoms with Crippen LogP contribution in [0.3, 0.4) is 0 Å². The van der Waals surface area contributed by atoms with E-state index < -0.39 is 18.0 Å². The van der Waals surface area contributed by atoms with E-state index in [0.717, 1.165) is 38.8 Å². The van der Waals surface area contributed by atoms with Gasteiger partial charge < -0.3 is 43.8 Å². The Morgan fingerprint density at radius 2 is 1.59 bits per heavy atom. The molecule has 1 aliphatic heterocycles. The second kappa shape index (κ2) is 18.6. The number of ether oxygens (including phenoxy) is 7. The van der Waals surface area contributed by atoms with E-state index in [1.807, 2.05) is 27.7 Å².